The molecule has 1 aromatic carbocycles. The van der Waals surface area contributed by atoms with Gasteiger partial charge < -0.3 is 9.64 Å². The third kappa shape index (κ3) is 3.63. The van der Waals surface area contributed by atoms with Crippen molar-refractivity contribution in [2.45, 2.75) is 25.1 Å². The smallest absolute Gasteiger partial charge is 0.118 e. The van der Waals surface area contributed by atoms with Gasteiger partial charge in [0, 0.05) is 13.1 Å². The second-order valence-electron chi connectivity index (χ2n) is 5.25. The number of hydrogen-bond donors (Lipinski definition) is 0. The lowest BCUT2D eigenvalue weighted by Crippen LogP contribution is -2.36. The minimum atomic E-state index is 0.0706. The zero-order valence-electron chi connectivity index (χ0n) is 11.2. The topological polar surface area (TPSA) is 12.5 Å². The zero-order chi connectivity index (χ0) is 13.0. The normalized spacial score (nSPS) is 22.7. The first-order chi connectivity index (χ1) is 8.69. The molecule has 1 aromatic rings. The summed E-state index contributed by atoms with van der Waals surface area (Å²) in [5.41, 5.74) is 1.18. The molecule has 0 aromatic heterocycles. The van der Waals surface area contributed by atoms with Gasteiger partial charge >= 0.3 is 0 Å². The van der Waals surface area contributed by atoms with Gasteiger partial charge in [-0.05, 0) is 43.0 Å². The van der Waals surface area contributed by atoms with Gasteiger partial charge in [0.1, 0.15) is 5.75 Å². The van der Waals surface area contributed by atoms with Gasteiger partial charge in [0.25, 0.3) is 0 Å². The van der Waals surface area contributed by atoms with E-state index in [1.807, 2.05) is 12.1 Å². The van der Waals surface area contributed by atoms with Crippen molar-refractivity contribution in [2.75, 3.05) is 26.7 Å². The van der Waals surface area contributed by atoms with Crippen LogP contribution in [0.2, 0.25) is 0 Å². The summed E-state index contributed by atoms with van der Waals surface area (Å²) >= 11 is 6.50. The molecule has 0 radical (unpaired) electrons. The number of alkyl halides is 1. The van der Waals surface area contributed by atoms with Crippen molar-refractivity contribution in [1.29, 1.82) is 0 Å². The van der Waals surface area contributed by atoms with Gasteiger partial charge in [-0.2, -0.15) is 0 Å². The monoisotopic (exact) mass is 267 g/mol. The molecular weight excluding hydrogens is 246 g/mol. The maximum Gasteiger partial charge on any atom is 0.118 e. The molecule has 100 valence electrons. The van der Waals surface area contributed by atoms with Crippen LogP contribution in [0.3, 0.4) is 0 Å². The summed E-state index contributed by atoms with van der Waals surface area (Å²) in [6, 6.07) is 8.07. The van der Waals surface area contributed by atoms with Crippen molar-refractivity contribution in [1.82, 2.24) is 4.90 Å². The van der Waals surface area contributed by atoms with Crippen LogP contribution < -0.4 is 4.74 Å². The highest BCUT2D eigenvalue weighted by molar-refractivity contribution is 6.21. The Morgan fingerprint density at radius 2 is 2.11 bits per heavy atom. The molecule has 1 heterocycles. The van der Waals surface area contributed by atoms with Crippen LogP contribution in [0.5, 0.6) is 5.75 Å². The molecule has 1 aliphatic rings. The zero-order valence-corrected chi connectivity index (χ0v) is 12.0. The lowest BCUT2D eigenvalue weighted by Gasteiger charge is -2.32. The van der Waals surface area contributed by atoms with Crippen LogP contribution in [0.4, 0.5) is 0 Å². The maximum absolute atomic E-state index is 6.50. The van der Waals surface area contributed by atoms with Gasteiger partial charge in [0.15, 0.2) is 0 Å². The molecule has 3 heteroatoms. The summed E-state index contributed by atoms with van der Waals surface area (Å²) < 4.78 is 5.16. The average molecular weight is 268 g/mol. The minimum absolute atomic E-state index is 0.0706. The lowest BCUT2D eigenvalue weighted by molar-refractivity contribution is 0.184. The summed E-state index contributed by atoms with van der Waals surface area (Å²) in [4.78, 5) is 2.48. The van der Waals surface area contributed by atoms with E-state index in [2.05, 4.69) is 24.0 Å². The van der Waals surface area contributed by atoms with Crippen molar-refractivity contribution >= 4 is 11.6 Å². The van der Waals surface area contributed by atoms with E-state index in [0.29, 0.717) is 0 Å². The molecule has 0 bridgehead atoms. The molecule has 0 aliphatic carbocycles. The second-order valence-corrected chi connectivity index (χ2v) is 5.77. The van der Waals surface area contributed by atoms with Crippen LogP contribution in [0.15, 0.2) is 24.3 Å². The Morgan fingerprint density at radius 3 is 2.72 bits per heavy atom. The Hall–Kier alpha value is -0.730. The Bertz CT molecular complexity index is 365. The SMILES string of the molecule is COc1ccc(C(Cl)CN2CCCC(C)C2)cc1. The third-order valence-corrected chi connectivity index (χ3v) is 4.03. The standard InChI is InChI=1S/C15H22ClNO/c1-12-4-3-9-17(10-12)11-15(16)13-5-7-14(18-2)8-6-13/h5-8,12,15H,3-4,9-11H2,1-2H3. The number of piperidine rings is 1. The largest absolute Gasteiger partial charge is 0.497 e. The molecule has 18 heavy (non-hydrogen) atoms. The molecule has 0 amide bonds. The highest BCUT2D eigenvalue weighted by Gasteiger charge is 2.19. The number of hydrogen-bond acceptors (Lipinski definition) is 2. The van der Waals surface area contributed by atoms with Crippen LogP contribution in [0, 0.1) is 5.92 Å². The van der Waals surface area contributed by atoms with E-state index in [0.717, 1.165) is 18.2 Å². The molecule has 0 saturated carbocycles. The van der Waals surface area contributed by atoms with Crippen LogP contribution in [0.25, 0.3) is 0 Å². The minimum Gasteiger partial charge on any atom is -0.497 e. The van der Waals surface area contributed by atoms with E-state index in [4.69, 9.17) is 16.3 Å². The van der Waals surface area contributed by atoms with E-state index in [-0.39, 0.29) is 5.38 Å². The van der Waals surface area contributed by atoms with E-state index >= 15 is 0 Å². The Kier molecular flexibility index (Phi) is 4.90. The van der Waals surface area contributed by atoms with Crippen LogP contribution in [-0.4, -0.2) is 31.6 Å². The predicted molar refractivity (Wildman–Crippen MR) is 76.4 cm³/mol. The third-order valence-electron chi connectivity index (χ3n) is 3.64. The van der Waals surface area contributed by atoms with Crippen LogP contribution in [-0.2, 0) is 0 Å². The molecule has 0 spiro atoms. The first kappa shape index (κ1) is 13.7. The highest BCUT2D eigenvalue weighted by atomic mass is 35.5. The molecule has 2 unspecified atom stereocenters. The summed E-state index contributed by atoms with van der Waals surface area (Å²) in [5, 5.41) is 0.0706. The number of nitrogens with zero attached hydrogens (tertiary/aromatic N) is 1. The molecule has 1 fully saturated rings. The second kappa shape index (κ2) is 6.44. The fourth-order valence-corrected chi connectivity index (χ4v) is 2.94. The fraction of sp³-hybridized carbons (Fsp3) is 0.600. The van der Waals surface area contributed by atoms with Crippen molar-refractivity contribution in [3.05, 3.63) is 29.8 Å². The van der Waals surface area contributed by atoms with Gasteiger partial charge in [-0.3, -0.25) is 0 Å². The fourth-order valence-electron chi connectivity index (χ4n) is 2.60. The first-order valence-electron chi connectivity index (χ1n) is 6.69. The summed E-state index contributed by atoms with van der Waals surface area (Å²) in [5.74, 6) is 1.69. The van der Waals surface area contributed by atoms with Gasteiger partial charge in [-0.1, -0.05) is 19.1 Å². The van der Waals surface area contributed by atoms with Crippen LogP contribution >= 0.6 is 11.6 Å². The summed E-state index contributed by atoms with van der Waals surface area (Å²) in [6.07, 6.45) is 2.65. The number of halogens is 1. The van der Waals surface area contributed by atoms with Crippen molar-refractivity contribution < 1.29 is 4.74 Å². The highest BCUT2D eigenvalue weighted by Crippen LogP contribution is 2.26. The van der Waals surface area contributed by atoms with Gasteiger partial charge in [0.2, 0.25) is 0 Å². The Morgan fingerprint density at radius 1 is 1.39 bits per heavy atom. The molecule has 2 rings (SSSR count). The molecule has 0 N–H and O–H groups in total. The number of benzene rings is 1. The lowest BCUT2D eigenvalue weighted by atomic mass is 10.00. The number of rotatable bonds is 4. The van der Waals surface area contributed by atoms with E-state index in [1.54, 1.807) is 7.11 Å². The van der Waals surface area contributed by atoms with E-state index in [9.17, 15) is 0 Å². The van der Waals surface area contributed by atoms with Gasteiger partial charge in [0.05, 0.1) is 12.5 Å². The number of ether oxygens (including phenoxy) is 1. The maximum atomic E-state index is 6.50. The number of methoxy groups -OCH3 is 1. The summed E-state index contributed by atoms with van der Waals surface area (Å²) in [6.45, 7) is 5.63. The molecular formula is C15H22ClNO. The first-order valence-corrected chi connectivity index (χ1v) is 7.13. The van der Waals surface area contributed by atoms with E-state index < -0.39 is 0 Å². The van der Waals surface area contributed by atoms with Crippen LogP contribution in [0.1, 0.15) is 30.7 Å². The molecule has 2 nitrogen and oxygen atoms in total. The van der Waals surface area contributed by atoms with Crippen molar-refractivity contribution in [3.8, 4) is 5.75 Å². The van der Waals surface area contributed by atoms with Crippen molar-refractivity contribution in [3.63, 3.8) is 0 Å². The molecule has 1 saturated heterocycles. The Labute approximate surface area is 115 Å². The quantitative estimate of drug-likeness (QED) is 0.771. The predicted octanol–water partition coefficient (Wildman–Crippen LogP) is 3.71. The number of likely N-dealkylation sites (tertiary alicyclic amines) is 1. The van der Waals surface area contributed by atoms with Gasteiger partial charge in [-0.25, -0.2) is 0 Å². The molecule has 1 aliphatic heterocycles. The van der Waals surface area contributed by atoms with E-state index in [1.165, 1.54) is 31.5 Å². The van der Waals surface area contributed by atoms with Crippen molar-refractivity contribution in [2.24, 2.45) is 5.92 Å². The average Bonchev–Trinajstić information content (AvgIpc) is 2.39. The van der Waals surface area contributed by atoms with Gasteiger partial charge in [-0.15, -0.1) is 11.6 Å². The Balaban J connectivity index is 1.91. The molecule has 2 atom stereocenters. The summed E-state index contributed by atoms with van der Waals surface area (Å²) in [7, 11) is 1.68.